The van der Waals surface area contributed by atoms with Crippen molar-refractivity contribution < 1.29 is 5.11 Å². The topological polar surface area (TPSA) is 38.0 Å². The molecule has 21 heavy (non-hydrogen) atoms. The fourth-order valence-electron chi connectivity index (χ4n) is 2.65. The van der Waals surface area contributed by atoms with Gasteiger partial charge in [0, 0.05) is 11.1 Å². The summed E-state index contributed by atoms with van der Waals surface area (Å²) in [7, 11) is 0. The monoisotopic (exact) mass is 280 g/mol. The molecule has 0 radical (unpaired) electrons. The molecule has 3 rings (SSSR count). The lowest BCUT2D eigenvalue weighted by atomic mass is 10.1. The smallest absolute Gasteiger partial charge is 0.141 e. The van der Waals surface area contributed by atoms with E-state index in [1.54, 1.807) is 6.07 Å². The summed E-state index contributed by atoms with van der Waals surface area (Å²) in [6.45, 7) is 8.39. The minimum Gasteiger partial charge on any atom is -0.508 e. The van der Waals surface area contributed by atoms with Crippen LogP contribution in [0.1, 0.15) is 26.3 Å². The molecule has 3 aromatic rings. The van der Waals surface area contributed by atoms with Crippen molar-refractivity contribution >= 4 is 11.0 Å². The van der Waals surface area contributed by atoms with Crippen molar-refractivity contribution in [1.82, 2.24) is 9.55 Å². The second kappa shape index (κ2) is 4.62. The lowest BCUT2D eigenvalue weighted by Gasteiger charge is -2.24. The van der Waals surface area contributed by atoms with Gasteiger partial charge in [0.1, 0.15) is 11.6 Å². The van der Waals surface area contributed by atoms with Gasteiger partial charge in [0.25, 0.3) is 0 Å². The van der Waals surface area contributed by atoms with Gasteiger partial charge in [0.15, 0.2) is 0 Å². The fraction of sp³-hybridized carbons (Fsp3) is 0.278. The minimum absolute atomic E-state index is 0.0913. The molecular formula is C18H20N2O. The van der Waals surface area contributed by atoms with Crippen molar-refractivity contribution in [3.63, 3.8) is 0 Å². The molecule has 3 heteroatoms. The Morgan fingerprint density at radius 3 is 2.43 bits per heavy atom. The molecule has 108 valence electrons. The summed E-state index contributed by atoms with van der Waals surface area (Å²) in [5.74, 6) is 1.19. The predicted molar refractivity (Wildman–Crippen MR) is 86.6 cm³/mol. The van der Waals surface area contributed by atoms with Crippen LogP contribution in [0.3, 0.4) is 0 Å². The fourth-order valence-corrected chi connectivity index (χ4v) is 2.65. The van der Waals surface area contributed by atoms with Crippen LogP contribution in [0.15, 0.2) is 42.5 Å². The normalized spacial score (nSPS) is 12.0. The Morgan fingerprint density at radius 2 is 1.76 bits per heavy atom. The van der Waals surface area contributed by atoms with E-state index in [0.29, 0.717) is 5.75 Å². The van der Waals surface area contributed by atoms with E-state index < -0.39 is 0 Å². The summed E-state index contributed by atoms with van der Waals surface area (Å²) in [6, 6.07) is 13.9. The zero-order valence-electron chi connectivity index (χ0n) is 12.9. The average Bonchev–Trinajstić information content (AvgIpc) is 2.81. The molecule has 0 saturated heterocycles. The lowest BCUT2D eigenvalue weighted by Crippen LogP contribution is -2.22. The first-order chi connectivity index (χ1) is 9.88. The van der Waals surface area contributed by atoms with Crippen LogP contribution in [0.25, 0.3) is 22.4 Å². The Hall–Kier alpha value is -2.29. The molecule has 1 N–H and O–H groups in total. The number of phenolic OH excluding ortho intramolecular Hbond substituents is 1. The van der Waals surface area contributed by atoms with Gasteiger partial charge in [-0.15, -0.1) is 0 Å². The number of aromatic hydroxyl groups is 1. The SMILES string of the molecule is Cc1ccc(-c2nc3ccccc3n2C(C)(C)C)cc1O. The summed E-state index contributed by atoms with van der Waals surface area (Å²) in [5, 5.41) is 9.99. The minimum atomic E-state index is -0.0913. The quantitative estimate of drug-likeness (QED) is 0.714. The number of hydrogen-bond acceptors (Lipinski definition) is 2. The van der Waals surface area contributed by atoms with Crippen LogP contribution >= 0.6 is 0 Å². The second-order valence-electron chi connectivity index (χ2n) is 6.43. The van der Waals surface area contributed by atoms with E-state index in [2.05, 4.69) is 31.4 Å². The number of hydrogen-bond donors (Lipinski definition) is 1. The maximum atomic E-state index is 9.99. The lowest BCUT2D eigenvalue weighted by molar-refractivity contribution is 0.413. The molecule has 0 aliphatic heterocycles. The number of phenols is 1. The molecule has 0 aliphatic rings. The summed E-state index contributed by atoms with van der Waals surface area (Å²) in [4.78, 5) is 4.77. The Morgan fingerprint density at radius 1 is 1.05 bits per heavy atom. The third-order valence-electron chi connectivity index (χ3n) is 3.70. The summed E-state index contributed by atoms with van der Waals surface area (Å²) in [5.41, 5.74) is 3.80. The summed E-state index contributed by atoms with van der Waals surface area (Å²) >= 11 is 0. The molecule has 0 amide bonds. The van der Waals surface area contributed by atoms with Crippen LogP contribution in [0.5, 0.6) is 5.75 Å². The van der Waals surface area contributed by atoms with Crippen LogP contribution in [0, 0.1) is 6.92 Å². The number of fused-ring (bicyclic) bond motifs is 1. The zero-order valence-corrected chi connectivity index (χ0v) is 12.9. The van der Waals surface area contributed by atoms with E-state index >= 15 is 0 Å². The molecular weight excluding hydrogens is 260 g/mol. The van der Waals surface area contributed by atoms with Gasteiger partial charge in [-0.05, 0) is 51.5 Å². The summed E-state index contributed by atoms with van der Waals surface area (Å²) in [6.07, 6.45) is 0. The number of imidazole rings is 1. The highest BCUT2D eigenvalue weighted by molar-refractivity contribution is 5.81. The maximum absolute atomic E-state index is 9.99. The van der Waals surface area contributed by atoms with Crippen molar-refractivity contribution in [2.75, 3.05) is 0 Å². The van der Waals surface area contributed by atoms with Crippen LogP contribution in [0.2, 0.25) is 0 Å². The Balaban J connectivity index is 2.33. The number of nitrogens with zero attached hydrogens (tertiary/aromatic N) is 2. The number of rotatable bonds is 1. The molecule has 0 atom stereocenters. The van der Waals surface area contributed by atoms with Gasteiger partial charge in [-0.3, -0.25) is 0 Å². The van der Waals surface area contributed by atoms with Gasteiger partial charge in [-0.25, -0.2) is 4.98 Å². The third-order valence-corrected chi connectivity index (χ3v) is 3.70. The third kappa shape index (κ3) is 2.29. The van der Waals surface area contributed by atoms with Gasteiger partial charge in [0.2, 0.25) is 0 Å². The molecule has 1 heterocycles. The maximum Gasteiger partial charge on any atom is 0.141 e. The molecule has 0 unspecified atom stereocenters. The van der Waals surface area contributed by atoms with E-state index in [-0.39, 0.29) is 5.54 Å². The van der Waals surface area contributed by atoms with Gasteiger partial charge in [-0.1, -0.05) is 24.3 Å². The molecule has 0 spiro atoms. The molecule has 0 saturated carbocycles. The van der Waals surface area contributed by atoms with E-state index in [9.17, 15) is 5.11 Å². The first-order valence-corrected chi connectivity index (χ1v) is 7.16. The van der Waals surface area contributed by atoms with Crippen molar-refractivity contribution in [2.24, 2.45) is 0 Å². The van der Waals surface area contributed by atoms with Crippen LogP contribution < -0.4 is 0 Å². The van der Waals surface area contributed by atoms with Crippen LogP contribution in [-0.2, 0) is 5.54 Å². The van der Waals surface area contributed by atoms with E-state index in [0.717, 1.165) is 28.0 Å². The molecule has 2 aromatic carbocycles. The van der Waals surface area contributed by atoms with Gasteiger partial charge < -0.3 is 9.67 Å². The highest BCUT2D eigenvalue weighted by Crippen LogP contribution is 2.33. The Bertz CT molecular complexity index is 810. The molecule has 0 fully saturated rings. The van der Waals surface area contributed by atoms with Gasteiger partial charge in [-0.2, -0.15) is 0 Å². The molecule has 0 aliphatic carbocycles. The number of benzene rings is 2. The number of aromatic nitrogens is 2. The van der Waals surface area contributed by atoms with E-state index in [4.69, 9.17) is 4.98 Å². The number of aryl methyl sites for hydroxylation is 1. The average molecular weight is 280 g/mol. The first kappa shape index (κ1) is 13.7. The van der Waals surface area contributed by atoms with E-state index in [1.165, 1.54) is 0 Å². The van der Waals surface area contributed by atoms with Crippen molar-refractivity contribution in [3.05, 3.63) is 48.0 Å². The highest BCUT2D eigenvalue weighted by atomic mass is 16.3. The van der Waals surface area contributed by atoms with Gasteiger partial charge in [0.05, 0.1) is 11.0 Å². The molecule has 3 nitrogen and oxygen atoms in total. The van der Waals surface area contributed by atoms with Crippen molar-refractivity contribution in [3.8, 4) is 17.1 Å². The standard InChI is InChI=1S/C18H20N2O/c1-12-9-10-13(11-16(12)21)17-19-14-7-5-6-8-15(14)20(17)18(2,3)4/h5-11,21H,1-4H3. The van der Waals surface area contributed by atoms with Crippen LogP contribution in [0.4, 0.5) is 0 Å². The largest absolute Gasteiger partial charge is 0.508 e. The molecule has 0 bridgehead atoms. The Labute approximate surface area is 124 Å². The summed E-state index contributed by atoms with van der Waals surface area (Å²) < 4.78 is 2.23. The van der Waals surface area contributed by atoms with Gasteiger partial charge >= 0.3 is 0 Å². The first-order valence-electron chi connectivity index (χ1n) is 7.16. The zero-order chi connectivity index (χ0) is 15.2. The molecule has 1 aromatic heterocycles. The van der Waals surface area contributed by atoms with Crippen molar-refractivity contribution in [2.45, 2.75) is 33.2 Å². The van der Waals surface area contributed by atoms with E-state index in [1.807, 2.05) is 37.3 Å². The predicted octanol–water partition coefficient (Wildman–Crippen LogP) is 4.47. The van der Waals surface area contributed by atoms with Crippen LogP contribution in [-0.4, -0.2) is 14.7 Å². The Kier molecular flexibility index (Phi) is 3.01. The number of para-hydroxylation sites is 2. The van der Waals surface area contributed by atoms with Crippen molar-refractivity contribution in [1.29, 1.82) is 0 Å². The second-order valence-corrected chi connectivity index (χ2v) is 6.43. The highest BCUT2D eigenvalue weighted by Gasteiger charge is 2.22.